The summed E-state index contributed by atoms with van der Waals surface area (Å²) in [5.41, 5.74) is 3.55. The Hall–Kier alpha value is -2.62. The van der Waals surface area contributed by atoms with Crippen molar-refractivity contribution in [2.24, 2.45) is 0 Å². The van der Waals surface area contributed by atoms with E-state index in [1.54, 1.807) is 4.90 Å². The van der Waals surface area contributed by atoms with E-state index < -0.39 is 12.0 Å². The zero-order chi connectivity index (χ0) is 20.1. The van der Waals surface area contributed by atoms with Gasteiger partial charge in [-0.1, -0.05) is 66.8 Å². The molecule has 1 atom stereocenters. The minimum atomic E-state index is -0.938. The van der Waals surface area contributed by atoms with Crippen molar-refractivity contribution in [2.45, 2.75) is 64.5 Å². The van der Waals surface area contributed by atoms with Crippen LogP contribution in [0.3, 0.4) is 0 Å². The van der Waals surface area contributed by atoms with Gasteiger partial charge in [0.2, 0.25) is 0 Å². The van der Waals surface area contributed by atoms with Crippen molar-refractivity contribution in [1.29, 1.82) is 0 Å². The van der Waals surface area contributed by atoms with Gasteiger partial charge in [-0.25, -0.2) is 4.79 Å². The summed E-state index contributed by atoms with van der Waals surface area (Å²) in [5, 5.41) is 10.0. The Morgan fingerprint density at radius 2 is 1.61 bits per heavy atom. The van der Waals surface area contributed by atoms with Gasteiger partial charge in [0.15, 0.2) is 0 Å². The monoisotopic (exact) mass is 379 g/mol. The predicted molar refractivity (Wildman–Crippen MR) is 111 cm³/mol. The molecule has 4 nitrogen and oxygen atoms in total. The summed E-state index contributed by atoms with van der Waals surface area (Å²) in [6, 6.07) is 14.5. The molecule has 1 amide bonds. The van der Waals surface area contributed by atoms with Crippen molar-refractivity contribution in [3.63, 3.8) is 0 Å². The zero-order valence-electron chi connectivity index (χ0n) is 16.7. The highest BCUT2D eigenvalue weighted by Crippen LogP contribution is 2.28. The van der Waals surface area contributed by atoms with E-state index in [-0.39, 0.29) is 11.9 Å². The topological polar surface area (TPSA) is 57.6 Å². The van der Waals surface area contributed by atoms with Crippen molar-refractivity contribution in [1.82, 2.24) is 4.90 Å². The summed E-state index contributed by atoms with van der Waals surface area (Å²) in [4.78, 5) is 27.5. The molecule has 0 aliphatic heterocycles. The highest BCUT2D eigenvalue weighted by atomic mass is 16.4. The molecule has 1 aliphatic carbocycles. The third kappa shape index (κ3) is 4.80. The number of benzene rings is 2. The van der Waals surface area contributed by atoms with Crippen molar-refractivity contribution >= 4 is 11.9 Å². The smallest absolute Gasteiger partial charge is 0.326 e. The molecule has 28 heavy (non-hydrogen) atoms. The van der Waals surface area contributed by atoms with E-state index in [0.29, 0.717) is 12.0 Å². The van der Waals surface area contributed by atoms with Crippen LogP contribution in [0, 0.1) is 13.8 Å². The standard InChI is InChI=1S/C24H29NO3/c1-17-13-18(2)15-20(14-17)23(26)25(21-11-7-4-8-12-21)22(24(27)28)16-19-9-5-3-6-10-19/h3,5-6,9-10,13-15,21-22H,4,7-8,11-12,16H2,1-2H3,(H,27,28)/t22-/m1/s1. The lowest BCUT2D eigenvalue weighted by atomic mass is 9.91. The van der Waals surface area contributed by atoms with Gasteiger partial charge in [0, 0.05) is 18.0 Å². The van der Waals surface area contributed by atoms with Crippen molar-refractivity contribution in [3.8, 4) is 0 Å². The summed E-state index contributed by atoms with van der Waals surface area (Å²) < 4.78 is 0. The van der Waals surface area contributed by atoms with Crippen molar-refractivity contribution in [3.05, 3.63) is 70.8 Å². The van der Waals surface area contributed by atoms with Gasteiger partial charge in [-0.3, -0.25) is 4.79 Å². The zero-order valence-corrected chi connectivity index (χ0v) is 16.7. The highest BCUT2D eigenvalue weighted by molar-refractivity contribution is 5.97. The number of aryl methyl sites for hydroxylation is 2. The van der Waals surface area contributed by atoms with Crippen LogP contribution in [0.5, 0.6) is 0 Å². The first kappa shape index (κ1) is 20.1. The highest BCUT2D eigenvalue weighted by Gasteiger charge is 2.36. The number of hydrogen-bond acceptors (Lipinski definition) is 2. The van der Waals surface area contributed by atoms with Crippen LogP contribution in [0.4, 0.5) is 0 Å². The molecule has 1 N–H and O–H groups in total. The van der Waals surface area contributed by atoms with Crippen LogP contribution in [0.2, 0.25) is 0 Å². The summed E-state index contributed by atoms with van der Waals surface area (Å²) in [6.45, 7) is 3.93. The molecular formula is C24H29NO3. The molecule has 2 aromatic rings. The number of carbonyl (C=O) groups is 2. The second kappa shape index (κ2) is 9.05. The average molecular weight is 380 g/mol. The van der Waals surface area contributed by atoms with Gasteiger partial charge >= 0.3 is 5.97 Å². The van der Waals surface area contributed by atoms with E-state index in [2.05, 4.69) is 0 Å². The van der Waals surface area contributed by atoms with E-state index in [1.165, 1.54) is 0 Å². The molecular weight excluding hydrogens is 350 g/mol. The molecule has 0 bridgehead atoms. The quantitative estimate of drug-likeness (QED) is 0.786. The number of carboxylic acid groups (broad SMARTS) is 1. The van der Waals surface area contributed by atoms with E-state index >= 15 is 0 Å². The Morgan fingerprint density at radius 1 is 1.00 bits per heavy atom. The van der Waals surface area contributed by atoms with Gasteiger partial charge < -0.3 is 10.0 Å². The lowest BCUT2D eigenvalue weighted by Crippen LogP contribution is -2.52. The maximum absolute atomic E-state index is 13.5. The molecule has 0 aromatic heterocycles. The Kier molecular flexibility index (Phi) is 6.50. The molecule has 1 aliphatic rings. The molecule has 0 spiro atoms. The van der Waals surface area contributed by atoms with Gasteiger partial charge in [-0.05, 0) is 44.4 Å². The molecule has 148 valence electrons. The summed E-state index contributed by atoms with van der Waals surface area (Å²) in [6.07, 6.45) is 5.30. The molecule has 0 saturated heterocycles. The van der Waals surface area contributed by atoms with E-state index in [1.807, 2.05) is 62.4 Å². The molecule has 3 rings (SSSR count). The summed E-state index contributed by atoms with van der Waals surface area (Å²) in [5.74, 6) is -1.10. The fourth-order valence-electron chi connectivity index (χ4n) is 4.31. The molecule has 2 aromatic carbocycles. The van der Waals surface area contributed by atoms with Gasteiger partial charge in [-0.2, -0.15) is 0 Å². The van der Waals surface area contributed by atoms with Crippen molar-refractivity contribution in [2.75, 3.05) is 0 Å². The van der Waals surface area contributed by atoms with Gasteiger partial charge in [0.05, 0.1) is 0 Å². The Bertz CT molecular complexity index is 805. The largest absolute Gasteiger partial charge is 0.480 e. The van der Waals surface area contributed by atoms with Gasteiger partial charge in [0.25, 0.3) is 5.91 Å². The molecule has 1 fully saturated rings. The van der Waals surface area contributed by atoms with Crippen LogP contribution >= 0.6 is 0 Å². The Morgan fingerprint density at radius 3 is 2.18 bits per heavy atom. The van der Waals surface area contributed by atoms with Crippen LogP contribution in [-0.4, -0.2) is 34.0 Å². The van der Waals surface area contributed by atoms with E-state index in [4.69, 9.17) is 0 Å². The molecule has 0 heterocycles. The van der Waals surface area contributed by atoms with Gasteiger partial charge in [-0.15, -0.1) is 0 Å². The average Bonchev–Trinajstić information content (AvgIpc) is 2.68. The Balaban J connectivity index is 1.98. The number of hydrogen-bond donors (Lipinski definition) is 1. The minimum absolute atomic E-state index is 0.0214. The van der Waals surface area contributed by atoms with Crippen LogP contribution in [0.1, 0.15) is 59.2 Å². The first-order chi connectivity index (χ1) is 13.5. The Labute approximate surface area is 167 Å². The fraction of sp³-hybridized carbons (Fsp3) is 0.417. The first-order valence-electron chi connectivity index (χ1n) is 10.1. The number of aliphatic carboxylic acids is 1. The second-order valence-corrected chi connectivity index (χ2v) is 7.92. The lowest BCUT2D eigenvalue weighted by molar-refractivity contribution is -0.143. The van der Waals surface area contributed by atoms with Gasteiger partial charge in [0.1, 0.15) is 6.04 Å². The third-order valence-electron chi connectivity index (χ3n) is 5.56. The normalized spacial score (nSPS) is 15.8. The number of amides is 1. The second-order valence-electron chi connectivity index (χ2n) is 7.92. The van der Waals surface area contributed by atoms with Crippen LogP contribution in [-0.2, 0) is 11.2 Å². The summed E-state index contributed by atoms with van der Waals surface area (Å²) >= 11 is 0. The van der Waals surface area contributed by atoms with Crippen LogP contribution < -0.4 is 0 Å². The summed E-state index contributed by atoms with van der Waals surface area (Å²) in [7, 11) is 0. The maximum Gasteiger partial charge on any atom is 0.326 e. The first-order valence-corrected chi connectivity index (χ1v) is 10.1. The van der Waals surface area contributed by atoms with Crippen LogP contribution in [0.15, 0.2) is 48.5 Å². The predicted octanol–water partition coefficient (Wildman–Crippen LogP) is 4.77. The number of rotatable bonds is 6. The number of nitrogens with zero attached hydrogens (tertiary/aromatic N) is 1. The molecule has 0 unspecified atom stereocenters. The maximum atomic E-state index is 13.5. The molecule has 0 radical (unpaired) electrons. The molecule has 4 heteroatoms. The number of carbonyl (C=O) groups excluding carboxylic acids is 1. The lowest BCUT2D eigenvalue weighted by Gasteiger charge is -2.38. The van der Waals surface area contributed by atoms with Crippen molar-refractivity contribution < 1.29 is 14.7 Å². The van der Waals surface area contributed by atoms with E-state index in [0.717, 1.165) is 48.8 Å². The van der Waals surface area contributed by atoms with Crippen LogP contribution in [0.25, 0.3) is 0 Å². The minimum Gasteiger partial charge on any atom is -0.480 e. The fourth-order valence-corrected chi connectivity index (χ4v) is 4.31. The SMILES string of the molecule is Cc1cc(C)cc(C(=O)N(C2CCCCC2)[C@H](Cc2ccccc2)C(=O)O)c1. The molecule has 1 saturated carbocycles. The number of carboxylic acids is 1. The van der Waals surface area contributed by atoms with E-state index in [9.17, 15) is 14.7 Å². The third-order valence-corrected chi connectivity index (χ3v) is 5.56.